The number of benzene rings is 2. The van der Waals surface area contributed by atoms with Crippen molar-refractivity contribution in [2.24, 2.45) is 5.73 Å². The first-order valence-electron chi connectivity index (χ1n) is 9.79. The first kappa shape index (κ1) is 20.7. The molecule has 1 amide bonds. The number of amides is 1. The fraction of sp³-hybridized carbons (Fsp3) is 0.364. The third-order valence-corrected chi connectivity index (χ3v) is 4.66. The van der Waals surface area contributed by atoms with E-state index >= 15 is 0 Å². The molecule has 0 fully saturated rings. The molecule has 1 atom stereocenters. The van der Waals surface area contributed by atoms with E-state index in [1.165, 1.54) is 4.68 Å². The molecule has 7 heteroatoms. The van der Waals surface area contributed by atoms with Gasteiger partial charge < -0.3 is 10.5 Å². The monoisotopic (exact) mass is 394 g/mol. The Balaban J connectivity index is 1.57. The second kappa shape index (κ2) is 9.43. The van der Waals surface area contributed by atoms with Crippen molar-refractivity contribution in [1.82, 2.24) is 15.0 Å². The quantitative estimate of drug-likeness (QED) is 0.600. The van der Waals surface area contributed by atoms with Gasteiger partial charge in [0.2, 0.25) is 5.91 Å². The Hall–Kier alpha value is -3.06. The zero-order valence-electron chi connectivity index (χ0n) is 16.7. The van der Waals surface area contributed by atoms with Gasteiger partial charge in [0.25, 0.3) is 5.56 Å². The highest BCUT2D eigenvalue weighted by atomic mass is 16.5. The van der Waals surface area contributed by atoms with E-state index in [0.717, 1.165) is 24.0 Å². The van der Waals surface area contributed by atoms with Crippen LogP contribution in [-0.4, -0.2) is 33.1 Å². The van der Waals surface area contributed by atoms with Crippen LogP contribution in [0, 0.1) is 0 Å². The molecule has 0 radical (unpaired) electrons. The smallest absolute Gasteiger partial charge is 0.277 e. The fourth-order valence-corrected chi connectivity index (χ4v) is 3.20. The van der Waals surface area contributed by atoms with Gasteiger partial charge in [0, 0.05) is 13.0 Å². The summed E-state index contributed by atoms with van der Waals surface area (Å²) >= 11 is 0. The van der Waals surface area contributed by atoms with Crippen molar-refractivity contribution in [1.29, 1.82) is 0 Å². The molecule has 3 aromatic rings. The minimum atomic E-state index is -0.626. The highest BCUT2D eigenvalue weighted by Gasteiger charge is 2.18. The highest BCUT2D eigenvalue weighted by Crippen LogP contribution is 2.12. The molecule has 3 rings (SSSR count). The maximum atomic E-state index is 12.5. The van der Waals surface area contributed by atoms with E-state index in [1.54, 1.807) is 12.1 Å². The average Bonchev–Trinajstić information content (AvgIpc) is 2.70. The standard InChI is InChI=1S/C22H26N4O3/c1-15(2)29-20(21(23)27)14-17-11-9-16(10-12-17)6-5-13-26-22(28)18-7-3-4-8-19(18)24-25-26/h3-4,7-12,15,20H,5-6,13-14H2,1-2H3,(H2,23,27). The number of aryl methyl sites for hydroxylation is 2. The summed E-state index contributed by atoms with van der Waals surface area (Å²) < 4.78 is 7.00. The highest BCUT2D eigenvalue weighted by molar-refractivity contribution is 5.79. The summed E-state index contributed by atoms with van der Waals surface area (Å²) in [7, 11) is 0. The van der Waals surface area contributed by atoms with E-state index in [4.69, 9.17) is 10.5 Å². The largest absolute Gasteiger partial charge is 0.367 e. The van der Waals surface area contributed by atoms with E-state index in [9.17, 15) is 9.59 Å². The van der Waals surface area contributed by atoms with Crippen molar-refractivity contribution < 1.29 is 9.53 Å². The molecule has 7 nitrogen and oxygen atoms in total. The molecular formula is C22H26N4O3. The molecule has 0 aliphatic heterocycles. The van der Waals surface area contributed by atoms with E-state index < -0.39 is 12.0 Å². The summed E-state index contributed by atoms with van der Waals surface area (Å²) in [5.41, 5.74) is 8.07. The molecule has 1 unspecified atom stereocenters. The normalized spacial score (nSPS) is 12.4. The molecule has 0 spiro atoms. The maximum absolute atomic E-state index is 12.5. The average molecular weight is 394 g/mol. The van der Waals surface area contributed by atoms with Gasteiger partial charge in [0.05, 0.1) is 11.5 Å². The maximum Gasteiger partial charge on any atom is 0.277 e. The first-order chi connectivity index (χ1) is 13.9. The Kier molecular flexibility index (Phi) is 6.72. The number of nitrogens with zero attached hydrogens (tertiary/aromatic N) is 3. The van der Waals surface area contributed by atoms with E-state index in [2.05, 4.69) is 10.3 Å². The van der Waals surface area contributed by atoms with E-state index in [1.807, 2.05) is 50.2 Å². The summed E-state index contributed by atoms with van der Waals surface area (Å²) in [5.74, 6) is -0.454. The predicted molar refractivity (Wildman–Crippen MR) is 111 cm³/mol. The molecule has 2 N–H and O–H groups in total. The second-order valence-corrected chi connectivity index (χ2v) is 7.33. The van der Waals surface area contributed by atoms with Gasteiger partial charge in [-0.1, -0.05) is 41.6 Å². The summed E-state index contributed by atoms with van der Waals surface area (Å²) in [5, 5.41) is 8.71. The number of primary amides is 1. The number of carbonyl (C=O) groups is 1. The molecule has 152 valence electrons. The van der Waals surface area contributed by atoms with Gasteiger partial charge in [-0.05, 0) is 49.9 Å². The molecule has 2 aromatic carbocycles. The van der Waals surface area contributed by atoms with Crippen LogP contribution in [0.5, 0.6) is 0 Å². The van der Waals surface area contributed by atoms with Gasteiger partial charge in [-0.15, -0.1) is 5.10 Å². The Morgan fingerprint density at radius 2 is 1.79 bits per heavy atom. The first-order valence-corrected chi connectivity index (χ1v) is 9.79. The van der Waals surface area contributed by atoms with Crippen molar-refractivity contribution in [3.63, 3.8) is 0 Å². The van der Waals surface area contributed by atoms with Crippen LogP contribution in [0.4, 0.5) is 0 Å². The van der Waals surface area contributed by atoms with Gasteiger partial charge >= 0.3 is 0 Å². The van der Waals surface area contributed by atoms with Crippen LogP contribution < -0.4 is 11.3 Å². The van der Waals surface area contributed by atoms with Crippen LogP contribution in [-0.2, 0) is 28.9 Å². The summed E-state index contributed by atoms with van der Waals surface area (Å²) in [6.07, 6.45) is 1.35. The Bertz CT molecular complexity index is 1030. The number of ether oxygens (including phenoxy) is 1. The molecule has 29 heavy (non-hydrogen) atoms. The molecular weight excluding hydrogens is 368 g/mol. The fourth-order valence-electron chi connectivity index (χ4n) is 3.20. The Labute approximate surface area is 169 Å². The van der Waals surface area contributed by atoms with Crippen molar-refractivity contribution in [2.45, 2.75) is 51.9 Å². The Morgan fingerprint density at radius 3 is 2.48 bits per heavy atom. The number of hydrogen-bond donors (Lipinski definition) is 1. The zero-order valence-corrected chi connectivity index (χ0v) is 16.7. The summed E-state index contributed by atoms with van der Waals surface area (Å²) in [6, 6.07) is 15.2. The molecule has 1 aromatic heterocycles. The molecule has 0 aliphatic rings. The van der Waals surface area contributed by atoms with E-state index in [-0.39, 0.29) is 11.7 Å². The molecule has 0 saturated carbocycles. The van der Waals surface area contributed by atoms with Crippen molar-refractivity contribution in [3.05, 3.63) is 70.0 Å². The van der Waals surface area contributed by atoms with Crippen LogP contribution in [0.15, 0.2) is 53.3 Å². The van der Waals surface area contributed by atoms with Crippen molar-refractivity contribution in [3.8, 4) is 0 Å². The lowest BCUT2D eigenvalue weighted by atomic mass is 10.0. The van der Waals surface area contributed by atoms with Gasteiger partial charge in [-0.3, -0.25) is 9.59 Å². The number of aromatic nitrogens is 3. The van der Waals surface area contributed by atoms with Crippen LogP contribution >= 0.6 is 0 Å². The predicted octanol–water partition coefficient (Wildman–Crippen LogP) is 2.25. The van der Waals surface area contributed by atoms with Gasteiger partial charge in [-0.25, -0.2) is 4.68 Å². The van der Waals surface area contributed by atoms with Crippen molar-refractivity contribution in [2.75, 3.05) is 0 Å². The zero-order chi connectivity index (χ0) is 20.8. The SMILES string of the molecule is CC(C)OC(Cc1ccc(CCCn2nnc3ccccc3c2=O)cc1)C(N)=O. The minimum Gasteiger partial charge on any atom is -0.367 e. The van der Waals surface area contributed by atoms with Crippen LogP contribution in [0.3, 0.4) is 0 Å². The third-order valence-electron chi connectivity index (χ3n) is 4.66. The van der Waals surface area contributed by atoms with Crippen LogP contribution in [0.2, 0.25) is 0 Å². The van der Waals surface area contributed by atoms with Crippen molar-refractivity contribution >= 4 is 16.8 Å². The lowest BCUT2D eigenvalue weighted by molar-refractivity contribution is -0.132. The number of fused-ring (bicyclic) bond motifs is 1. The number of nitrogens with two attached hydrogens (primary N) is 1. The second-order valence-electron chi connectivity index (χ2n) is 7.33. The number of rotatable bonds is 9. The molecule has 1 heterocycles. The Morgan fingerprint density at radius 1 is 1.10 bits per heavy atom. The van der Waals surface area contributed by atoms with Gasteiger partial charge in [0.15, 0.2) is 0 Å². The molecule has 0 aliphatic carbocycles. The number of carbonyl (C=O) groups excluding carboxylic acids is 1. The van der Waals surface area contributed by atoms with Gasteiger partial charge in [-0.2, -0.15) is 0 Å². The van der Waals surface area contributed by atoms with E-state index in [0.29, 0.717) is 23.9 Å². The number of hydrogen-bond acceptors (Lipinski definition) is 5. The summed E-state index contributed by atoms with van der Waals surface area (Å²) in [6.45, 7) is 4.26. The third kappa shape index (κ3) is 5.48. The van der Waals surface area contributed by atoms with Crippen LogP contribution in [0.1, 0.15) is 31.4 Å². The lowest BCUT2D eigenvalue weighted by Gasteiger charge is -2.17. The van der Waals surface area contributed by atoms with Gasteiger partial charge in [0.1, 0.15) is 11.6 Å². The molecule has 0 saturated heterocycles. The topological polar surface area (TPSA) is 100 Å². The minimum absolute atomic E-state index is 0.0617. The summed E-state index contributed by atoms with van der Waals surface area (Å²) in [4.78, 5) is 24.0. The van der Waals surface area contributed by atoms with Crippen LogP contribution in [0.25, 0.3) is 10.9 Å². The molecule has 0 bridgehead atoms. The lowest BCUT2D eigenvalue weighted by Crippen LogP contribution is -2.35.